The van der Waals surface area contributed by atoms with Crippen molar-refractivity contribution < 1.29 is 14.2 Å². The molecule has 0 rings (SSSR count). The zero-order valence-electron chi connectivity index (χ0n) is 8.67. The van der Waals surface area contributed by atoms with Crippen LogP contribution in [0.5, 0.6) is 0 Å². The molecule has 0 aromatic heterocycles. The van der Waals surface area contributed by atoms with E-state index in [1.165, 1.54) is 0 Å². The molecule has 0 aliphatic carbocycles. The van der Waals surface area contributed by atoms with Crippen LogP contribution in [0.3, 0.4) is 0 Å². The summed E-state index contributed by atoms with van der Waals surface area (Å²) in [5, 5.41) is 3.17. The second kappa shape index (κ2) is 11.8. The van der Waals surface area contributed by atoms with Crippen molar-refractivity contribution in [1.29, 1.82) is 0 Å². The highest BCUT2D eigenvalue weighted by Crippen LogP contribution is 1.78. The number of likely N-dealkylation sites (N-methyl/N-ethyl adjacent to an activating group) is 1. The summed E-state index contributed by atoms with van der Waals surface area (Å²) >= 11 is 0. The molecule has 4 nitrogen and oxygen atoms in total. The molecule has 1 N–H and O–H groups in total. The summed E-state index contributed by atoms with van der Waals surface area (Å²) in [5.74, 6) is 0. The normalized spacial score (nSPS) is 10.6. The van der Waals surface area contributed by atoms with E-state index in [4.69, 9.17) is 14.2 Å². The molecule has 0 heterocycles. The van der Waals surface area contributed by atoms with Gasteiger partial charge in [0.15, 0.2) is 0 Å². The lowest BCUT2D eigenvalue weighted by Gasteiger charge is -2.05. The standard InChI is InChI=1S/C9H21NO3/c1-3-10-4-5-12-8-9-13-7-6-11-2/h10H,3-9H2,1-2H3. The second-order valence-electron chi connectivity index (χ2n) is 2.57. The summed E-state index contributed by atoms with van der Waals surface area (Å²) in [5.41, 5.74) is 0. The van der Waals surface area contributed by atoms with Gasteiger partial charge in [0.05, 0.1) is 33.0 Å². The van der Waals surface area contributed by atoms with Crippen molar-refractivity contribution in [2.45, 2.75) is 6.92 Å². The Labute approximate surface area is 80.5 Å². The van der Waals surface area contributed by atoms with E-state index in [-0.39, 0.29) is 0 Å². The second-order valence-corrected chi connectivity index (χ2v) is 2.57. The van der Waals surface area contributed by atoms with Gasteiger partial charge in [0, 0.05) is 13.7 Å². The molecule has 0 unspecified atom stereocenters. The van der Waals surface area contributed by atoms with Gasteiger partial charge in [0.1, 0.15) is 0 Å². The van der Waals surface area contributed by atoms with Crippen LogP contribution in [0, 0.1) is 0 Å². The molecular weight excluding hydrogens is 170 g/mol. The molecule has 0 bridgehead atoms. The predicted molar refractivity (Wildman–Crippen MR) is 52.1 cm³/mol. The van der Waals surface area contributed by atoms with E-state index in [0.29, 0.717) is 26.4 Å². The van der Waals surface area contributed by atoms with Crippen LogP contribution in [0.2, 0.25) is 0 Å². The van der Waals surface area contributed by atoms with Crippen molar-refractivity contribution in [2.75, 3.05) is 53.2 Å². The molecule has 0 atom stereocenters. The Hall–Kier alpha value is -0.160. The van der Waals surface area contributed by atoms with E-state index in [9.17, 15) is 0 Å². The molecule has 0 saturated carbocycles. The van der Waals surface area contributed by atoms with Crippen molar-refractivity contribution in [3.05, 3.63) is 0 Å². The maximum atomic E-state index is 5.29. The predicted octanol–water partition coefficient (Wildman–Crippen LogP) is 0.276. The summed E-state index contributed by atoms with van der Waals surface area (Å²) in [6.45, 7) is 7.34. The largest absolute Gasteiger partial charge is 0.382 e. The number of hydrogen-bond acceptors (Lipinski definition) is 4. The van der Waals surface area contributed by atoms with Crippen LogP contribution in [0.4, 0.5) is 0 Å². The number of rotatable bonds is 10. The third-order valence-electron chi connectivity index (χ3n) is 1.48. The lowest BCUT2D eigenvalue weighted by molar-refractivity contribution is 0.0256. The van der Waals surface area contributed by atoms with E-state index in [1.807, 2.05) is 0 Å². The minimum atomic E-state index is 0.646. The number of ether oxygens (including phenoxy) is 3. The van der Waals surface area contributed by atoms with Gasteiger partial charge in [-0.25, -0.2) is 0 Å². The molecule has 0 radical (unpaired) electrons. The van der Waals surface area contributed by atoms with Gasteiger partial charge in [-0.05, 0) is 6.54 Å². The van der Waals surface area contributed by atoms with Crippen molar-refractivity contribution in [2.24, 2.45) is 0 Å². The van der Waals surface area contributed by atoms with Crippen molar-refractivity contribution in [3.8, 4) is 0 Å². The SMILES string of the molecule is CCNCCOCCOCCOC. The van der Waals surface area contributed by atoms with Crippen LogP contribution < -0.4 is 5.32 Å². The third kappa shape index (κ3) is 11.8. The number of nitrogens with one attached hydrogen (secondary N) is 1. The van der Waals surface area contributed by atoms with Crippen LogP contribution in [0.15, 0.2) is 0 Å². The van der Waals surface area contributed by atoms with Crippen molar-refractivity contribution in [3.63, 3.8) is 0 Å². The molecule has 0 spiro atoms. The highest BCUT2D eigenvalue weighted by Gasteiger charge is 1.89. The molecule has 0 amide bonds. The Kier molecular flexibility index (Phi) is 11.7. The van der Waals surface area contributed by atoms with Gasteiger partial charge >= 0.3 is 0 Å². The van der Waals surface area contributed by atoms with E-state index >= 15 is 0 Å². The fourth-order valence-corrected chi connectivity index (χ4v) is 0.785. The van der Waals surface area contributed by atoms with E-state index in [0.717, 1.165) is 19.7 Å². The van der Waals surface area contributed by atoms with Crippen LogP contribution in [-0.2, 0) is 14.2 Å². The van der Waals surface area contributed by atoms with Crippen molar-refractivity contribution >= 4 is 0 Å². The van der Waals surface area contributed by atoms with Gasteiger partial charge in [-0.3, -0.25) is 0 Å². The summed E-state index contributed by atoms with van der Waals surface area (Å²) in [7, 11) is 1.66. The Morgan fingerprint density at radius 1 is 0.923 bits per heavy atom. The molecule has 4 heteroatoms. The summed E-state index contributed by atoms with van der Waals surface area (Å²) in [4.78, 5) is 0. The molecule has 0 aromatic rings. The first-order valence-corrected chi connectivity index (χ1v) is 4.77. The van der Waals surface area contributed by atoms with Gasteiger partial charge in [0.2, 0.25) is 0 Å². The summed E-state index contributed by atoms with van der Waals surface area (Å²) in [6, 6.07) is 0. The first-order chi connectivity index (χ1) is 6.41. The molecule has 0 fully saturated rings. The van der Waals surface area contributed by atoms with Crippen LogP contribution in [0.1, 0.15) is 6.92 Å². The Bertz CT molecular complexity index is 80.9. The zero-order valence-corrected chi connectivity index (χ0v) is 8.67. The van der Waals surface area contributed by atoms with Crippen LogP contribution in [0.25, 0.3) is 0 Å². The van der Waals surface area contributed by atoms with Gasteiger partial charge in [0.25, 0.3) is 0 Å². The Balaban J connectivity index is 2.76. The Morgan fingerprint density at radius 3 is 2.15 bits per heavy atom. The lowest BCUT2D eigenvalue weighted by atomic mass is 10.6. The monoisotopic (exact) mass is 191 g/mol. The first-order valence-electron chi connectivity index (χ1n) is 4.77. The molecule has 13 heavy (non-hydrogen) atoms. The fourth-order valence-electron chi connectivity index (χ4n) is 0.785. The van der Waals surface area contributed by atoms with E-state index < -0.39 is 0 Å². The van der Waals surface area contributed by atoms with Crippen molar-refractivity contribution in [1.82, 2.24) is 5.32 Å². The molecular formula is C9H21NO3. The highest BCUT2D eigenvalue weighted by atomic mass is 16.5. The van der Waals surface area contributed by atoms with Gasteiger partial charge in [-0.2, -0.15) is 0 Å². The third-order valence-corrected chi connectivity index (χ3v) is 1.48. The first kappa shape index (κ1) is 12.8. The minimum absolute atomic E-state index is 0.646. The topological polar surface area (TPSA) is 39.7 Å². The molecule has 80 valence electrons. The molecule has 0 saturated heterocycles. The summed E-state index contributed by atoms with van der Waals surface area (Å²) in [6.07, 6.45) is 0. The highest BCUT2D eigenvalue weighted by molar-refractivity contribution is 4.40. The maximum absolute atomic E-state index is 5.29. The number of methoxy groups -OCH3 is 1. The minimum Gasteiger partial charge on any atom is -0.382 e. The lowest BCUT2D eigenvalue weighted by Crippen LogP contribution is -2.20. The van der Waals surface area contributed by atoms with E-state index in [2.05, 4.69) is 12.2 Å². The average molecular weight is 191 g/mol. The van der Waals surface area contributed by atoms with Crippen LogP contribution in [-0.4, -0.2) is 53.2 Å². The zero-order chi connectivity index (χ0) is 9.78. The van der Waals surface area contributed by atoms with Crippen LogP contribution >= 0.6 is 0 Å². The Morgan fingerprint density at radius 2 is 1.54 bits per heavy atom. The van der Waals surface area contributed by atoms with Gasteiger partial charge in [-0.1, -0.05) is 6.92 Å². The van der Waals surface area contributed by atoms with E-state index in [1.54, 1.807) is 7.11 Å². The number of hydrogen-bond donors (Lipinski definition) is 1. The fraction of sp³-hybridized carbons (Fsp3) is 1.00. The maximum Gasteiger partial charge on any atom is 0.0701 e. The molecule has 0 aromatic carbocycles. The smallest absolute Gasteiger partial charge is 0.0701 e. The molecule has 0 aliphatic heterocycles. The molecule has 0 aliphatic rings. The average Bonchev–Trinajstić information content (AvgIpc) is 2.16. The summed E-state index contributed by atoms with van der Waals surface area (Å²) < 4.78 is 15.3. The quantitative estimate of drug-likeness (QED) is 0.503. The van der Waals surface area contributed by atoms with Gasteiger partial charge in [-0.15, -0.1) is 0 Å². The van der Waals surface area contributed by atoms with Gasteiger partial charge < -0.3 is 19.5 Å².